The number of benzene rings is 2. The Hall–Kier alpha value is -3.81. The molecule has 2 heterocycles. The fourth-order valence-electron chi connectivity index (χ4n) is 3.17. The van der Waals surface area contributed by atoms with E-state index in [1.165, 1.54) is 0 Å². The van der Waals surface area contributed by atoms with Crippen molar-refractivity contribution >= 4 is 5.91 Å². The minimum absolute atomic E-state index is 0.0441. The number of amides is 1. The van der Waals surface area contributed by atoms with Crippen LogP contribution >= 0.6 is 0 Å². The maximum atomic E-state index is 12.7. The summed E-state index contributed by atoms with van der Waals surface area (Å²) in [7, 11) is 0. The number of aryl methyl sites for hydroxylation is 1. The largest absolute Gasteiger partial charge is 0.347 e. The van der Waals surface area contributed by atoms with Crippen LogP contribution in [0.1, 0.15) is 23.0 Å². The van der Waals surface area contributed by atoms with E-state index in [4.69, 9.17) is 0 Å². The zero-order chi connectivity index (χ0) is 20.1. The third-order valence-electron chi connectivity index (χ3n) is 4.64. The van der Waals surface area contributed by atoms with Crippen LogP contribution in [0.15, 0.2) is 73.1 Å². The van der Waals surface area contributed by atoms with Gasteiger partial charge in [0.25, 0.3) is 0 Å². The number of rotatable bonds is 7. The van der Waals surface area contributed by atoms with Crippen LogP contribution < -0.4 is 5.32 Å². The van der Waals surface area contributed by atoms with Crippen molar-refractivity contribution in [2.45, 2.75) is 25.9 Å². The van der Waals surface area contributed by atoms with Gasteiger partial charge in [0, 0.05) is 12.4 Å². The van der Waals surface area contributed by atoms with Crippen molar-refractivity contribution in [2.75, 3.05) is 0 Å². The van der Waals surface area contributed by atoms with E-state index < -0.39 is 0 Å². The van der Waals surface area contributed by atoms with Gasteiger partial charge in [-0.1, -0.05) is 42.5 Å². The normalized spacial score (nSPS) is 11.9. The lowest BCUT2D eigenvalue weighted by atomic mass is 10.1. The van der Waals surface area contributed by atoms with Gasteiger partial charge in [-0.2, -0.15) is 9.78 Å². The van der Waals surface area contributed by atoms with Gasteiger partial charge < -0.3 is 5.32 Å². The third kappa shape index (κ3) is 4.55. The second-order valence-corrected chi connectivity index (χ2v) is 6.74. The van der Waals surface area contributed by atoms with Crippen LogP contribution in [-0.4, -0.2) is 35.9 Å². The topological polar surface area (TPSA) is 90.5 Å². The summed E-state index contributed by atoms with van der Waals surface area (Å²) in [5.74, 6) is 0.664. The quantitative estimate of drug-likeness (QED) is 0.525. The van der Waals surface area contributed by atoms with Crippen LogP contribution in [0.25, 0.3) is 5.69 Å². The Kier molecular flexibility index (Phi) is 5.42. The van der Waals surface area contributed by atoms with Crippen LogP contribution in [-0.2, 0) is 17.8 Å². The molecule has 0 unspecified atom stereocenters. The lowest BCUT2D eigenvalue weighted by Gasteiger charge is -2.19. The molecule has 1 N–H and O–H groups in total. The van der Waals surface area contributed by atoms with Gasteiger partial charge in [-0.15, -0.1) is 5.10 Å². The summed E-state index contributed by atoms with van der Waals surface area (Å²) in [5, 5.41) is 18.9. The molecule has 0 spiro atoms. The number of hydrogen-bond acceptors (Lipinski definition) is 5. The fourth-order valence-corrected chi connectivity index (χ4v) is 3.17. The summed E-state index contributed by atoms with van der Waals surface area (Å²) >= 11 is 0. The van der Waals surface area contributed by atoms with Crippen molar-refractivity contribution in [3.63, 3.8) is 0 Å². The van der Waals surface area contributed by atoms with Gasteiger partial charge in [0.05, 0.1) is 24.7 Å². The zero-order valence-corrected chi connectivity index (χ0v) is 16.0. The molecule has 2 aromatic carbocycles. The highest BCUT2D eigenvalue weighted by atomic mass is 16.1. The lowest BCUT2D eigenvalue weighted by molar-refractivity contribution is -0.121. The van der Waals surface area contributed by atoms with Crippen molar-refractivity contribution in [2.24, 2.45) is 0 Å². The summed E-state index contributed by atoms with van der Waals surface area (Å²) in [6, 6.07) is 19.3. The molecule has 0 aliphatic heterocycles. The molecule has 8 nitrogen and oxygen atoms in total. The van der Waals surface area contributed by atoms with Gasteiger partial charge in [-0.05, 0) is 46.7 Å². The first-order chi connectivity index (χ1) is 14.2. The van der Waals surface area contributed by atoms with E-state index in [-0.39, 0.29) is 18.4 Å². The molecule has 4 rings (SSSR count). The Morgan fingerprint density at radius 1 is 1.07 bits per heavy atom. The third-order valence-corrected chi connectivity index (χ3v) is 4.64. The molecule has 146 valence electrons. The molecule has 8 heteroatoms. The molecule has 1 amide bonds. The number of tetrazole rings is 1. The molecule has 2 aromatic heterocycles. The predicted octanol–water partition coefficient (Wildman–Crippen LogP) is 2.27. The zero-order valence-electron chi connectivity index (χ0n) is 16.0. The van der Waals surface area contributed by atoms with Gasteiger partial charge in [-0.25, -0.2) is 0 Å². The smallest absolute Gasteiger partial charge is 0.224 e. The average Bonchev–Trinajstić information content (AvgIpc) is 3.40. The fraction of sp³-hybridized carbons (Fsp3) is 0.190. The van der Waals surface area contributed by atoms with Crippen LogP contribution in [0.2, 0.25) is 0 Å². The minimum atomic E-state index is -0.160. The molecule has 0 radical (unpaired) electrons. The standard InChI is InChI=1S/C21H21N7O/c1-16-24-25-26-28(16)19-10-8-17(9-11-19)14-21(29)23-20(15-27-13-5-12-22-27)18-6-3-2-4-7-18/h2-13,20H,14-15H2,1H3,(H,23,29)/t20-/m0/s1. The van der Waals surface area contributed by atoms with E-state index >= 15 is 0 Å². The highest BCUT2D eigenvalue weighted by Gasteiger charge is 2.16. The van der Waals surface area contributed by atoms with E-state index in [0.717, 1.165) is 16.8 Å². The number of carbonyl (C=O) groups excluding carboxylic acids is 1. The average molecular weight is 387 g/mol. The summed E-state index contributed by atoms with van der Waals surface area (Å²) in [5.41, 5.74) is 2.82. The first kappa shape index (κ1) is 18.5. The van der Waals surface area contributed by atoms with Gasteiger partial charge in [0.1, 0.15) is 0 Å². The Bertz CT molecular complexity index is 1060. The summed E-state index contributed by atoms with van der Waals surface area (Å²) in [4.78, 5) is 12.7. The molecule has 0 saturated carbocycles. The maximum Gasteiger partial charge on any atom is 0.224 e. The number of aromatic nitrogens is 6. The van der Waals surface area contributed by atoms with Gasteiger partial charge >= 0.3 is 0 Å². The van der Waals surface area contributed by atoms with Crippen LogP contribution in [0, 0.1) is 6.92 Å². The van der Waals surface area contributed by atoms with Crippen LogP contribution in [0.5, 0.6) is 0 Å². The number of carbonyl (C=O) groups is 1. The Labute approximate surface area is 168 Å². The molecule has 0 saturated heterocycles. The molecular formula is C21H21N7O. The number of nitrogens with zero attached hydrogens (tertiary/aromatic N) is 6. The second kappa shape index (κ2) is 8.47. The lowest BCUT2D eigenvalue weighted by Crippen LogP contribution is -2.32. The summed E-state index contributed by atoms with van der Waals surface area (Å²) in [6.07, 6.45) is 3.91. The van der Waals surface area contributed by atoms with Crippen molar-refractivity contribution in [1.82, 2.24) is 35.3 Å². The van der Waals surface area contributed by atoms with Crippen molar-refractivity contribution in [1.29, 1.82) is 0 Å². The molecule has 0 fully saturated rings. The first-order valence-electron chi connectivity index (χ1n) is 9.35. The Morgan fingerprint density at radius 3 is 2.52 bits per heavy atom. The number of hydrogen-bond donors (Lipinski definition) is 1. The molecule has 0 aliphatic rings. The minimum Gasteiger partial charge on any atom is -0.347 e. The summed E-state index contributed by atoms with van der Waals surface area (Å²) in [6.45, 7) is 2.41. The van der Waals surface area contributed by atoms with E-state index in [2.05, 4.69) is 25.9 Å². The molecule has 29 heavy (non-hydrogen) atoms. The molecule has 0 bridgehead atoms. The van der Waals surface area contributed by atoms with Gasteiger partial charge in [-0.3, -0.25) is 9.48 Å². The van der Waals surface area contributed by atoms with Crippen molar-refractivity contribution in [3.8, 4) is 5.69 Å². The van der Waals surface area contributed by atoms with Crippen LogP contribution in [0.3, 0.4) is 0 Å². The number of nitrogens with one attached hydrogen (secondary N) is 1. The predicted molar refractivity (Wildman–Crippen MR) is 107 cm³/mol. The Morgan fingerprint density at radius 2 is 1.86 bits per heavy atom. The molecule has 0 aliphatic carbocycles. The van der Waals surface area contributed by atoms with Crippen LogP contribution in [0.4, 0.5) is 0 Å². The molecule has 1 atom stereocenters. The Balaban J connectivity index is 1.44. The maximum absolute atomic E-state index is 12.7. The first-order valence-corrected chi connectivity index (χ1v) is 9.35. The van der Waals surface area contributed by atoms with Crippen molar-refractivity contribution < 1.29 is 4.79 Å². The van der Waals surface area contributed by atoms with Crippen molar-refractivity contribution in [3.05, 3.63) is 90.0 Å². The monoisotopic (exact) mass is 387 g/mol. The highest BCUT2D eigenvalue weighted by molar-refractivity contribution is 5.79. The van der Waals surface area contributed by atoms with Gasteiger partial charge in [0.2, 0.25) is 5.91 Å². The van der Waals surface area contributed by atoms with E-state index in [9.17, 15) is 4.79 Å². The molecular weight excluding hydrogens is 366 g/mol. The summed E-state index contributed by atoms with van der Waals surface area (Å²) < 4.78 is 3.47. The van der Waals surface area contributed by atoms with E-state index in [1.807, 2.05) is 78.5 Å². The van der Waals surface area contributed by atoms with E-state index in [1.54, 1.807) is 10.9 Å². The van der Waals surface area contributed by atoms with Gasteiger partial charge in [0.15, 0.2) is 5.82 Å². The second-order valence-electron chi connectivity index (χ2n) is 6.74. The highest BCUT2D eigenvalue weighted by Crippen LogP contribution is 2.16. The SMILES string of the molecule is Cc1nnnn1-c1ccc(CC(=O)N[C@@H](Cn2cccn2)c2ccccc2)cc1. The molecule has 4 aromatic rings. The van der Waals surface area contributed by atoms with E-state index in [0.29, 0.717) is 12.4 Å².